The molecule has 2 nitrogen and oxygen atoms in total. The second-order valence-electron chi connectivity index (χ2n) is 5.24. The number of hydrogen-bond acceptors (Lipinski definition) is 2. The lowest BCUT2D eigenvalue weighted by Gasteiger charge is -2.42. The molecule has 1 fully saturated rings. The van der Waals surface area contributed by atoms with Gasteiger partial charge in [0.1, 0.15) is 5.78 Å². The van der Waals surface area contributed by atoms with Crippen LogP contribution in [0.1, 0.15) is 59.8 Å². The Kier molecular flexibility index (Phi) is 4.97. The molecule has 0 N–H and O–H groups in total. The molecule has 1 unspecified atom stereocenters. The SMILES string of the molecule is CCC(=O)C(C)N1CCC(CC)(CC)CC1. The van der Waals surface area contributed by atoms with Crippen molar-refractivity contribution in [3.8, 4) is 0 Å². The maximum atomic E-state index is 11.7. The highest BCUT2D eigenvalue weighted by molar-refractivity contribution is 5.83. The van der Waals surface area contributed by atoms with Gasteiger partial charge < -0.3 is 0 Å². The zero-order valence-electron chi connectivity index (χ0n) is 11.4. The van der Waals surface area contributed by atoms with Gasteiger partial charge in [-0.25, -0.2) is 0 Å². The third-order valence-corrected chi connectivity index (χ3v) is 4.72. The average Bonchev–Trinajstić information content (AvgIpc) is 2.37. The normalized spacial score (nSPS) is 23.0. The van der Waals surface area contributed by atoms with Gasteiger partial charge >= 0.3 is 0 Å². The second kappa shape index (κ2) is 5.81. The van der Waals surface area contributed by atoms with Crippen molar-refractivity contribution in [2.45, 2.75) is 65.8 Å². The molecule has 1 rings (SSSR count). The van der Waals surface area contributed by atoms with Gasteiger partial charge in [-0.1, -0.05) is 33.6 Å². The van der Waals surface area contributed by atoms with Crippen LogP contribution in [-0.4, -0.2) is 29.8 Å². The Morgan fingerprint density at radius 2 is 1.69 bits per heavy atom. The predicted molar refractivity (Wildman–Crippen MR) is 68.6 cm³/mol. The first-order valence-electron chi connectivity index (χ1n) is 6.85. The lowest BCUT2D eigenvalue weighted by molar-refractivity contribution is -0.124. The predicted octanol–water partition coefficient (Wildman–Crippen LogP) is 3.26. The van der Waals surface area contributed by atoms with Crippen LogP contribution in [0.5, 0.6) is 0 Å². The van der Waals surface area contributed by atoms with Crippen LogP contribution in [0.15, 0.2) is 0 Å². The molecule has 1 aliphatic heterocycles. The average molecular weight is 225 g/mol. The van der Waals surface area contributed by atoms with E-state index in [2.05, 4.69) is 25.7 Å². The third-order valence-electron chi connectivity index (χ3n) is 4.72. The Hall–Kier alpha value is -0.370. The number of ketones is 1. The fourth-order valence-electron chi connectivity index (χ4n) is 2.84. The summed E-state index contributed by atoms with van der Waals surface area (Å²) in [6, 6.07) is 0.136. The molecule has 0 spiro atoms. The molecule has 94 valence electrons. The minimum absolute atomic E-state index is 0.136. The largest absolute Gasteiger partial charge is 0.298 e. The van der Waals surface area contributed by atoms with E-state index in [1.54, 1.807) is 0 Å². The van der Waals surface area contributed by atoms with Crippen molar-refractivity contribution in [3.05, 3.63) is 0 Å². The zero-order chi connectivity index (χ0) is 12.2. The molecule has 0 aliphatic carbocycles. The molecule has 1 saturated heterocycles. The zero-order valence-corrected chi connectivity index (χ0v) is 11.4. The maximum absolute atomic E-state index is 11.7. The highest BCUT2D eigenvalue weighted by atomic mass is 16.1. The van der Waals surface area contributed by atoms with Gasteiger partial charge in [-0.3, -0.25) is 9.69 Å². The summed E-state index contributed by atoms with van der Waals surface area (Å²) >= 11 is 0. The van der Waals surface area contributed by atoms with Gasteiger partial charge in [-0.05, 0) is 38.3 Å². The van der Waals surface area contributed by atoms with Crippen molar-refractivity contribution in [1.29, 1.82) is 0 Å². The molecule has 0 aromatic carbocycles. The molecule has 0 bridgehead atoms. The topological polar surface area (TPSA) is 20.3 Å². The molecular formula is C14H27NO. The highest BCUT2D eigenvalue weighted by Crippen LogP contribution is 2.38. The van der Waals surface area contributed by atoms with E-state index < -0.39 is 0 Å². The summed E-state index contributed by atoms with van der Waals surface area (Å²) < 4.78 is 0. The number of likely N-dealkylation sites (tertiary alicyclic amines) is 1. The molecule has 0 aromatic heterocycles. The number of carbonyl (C=O) groups is 1. The summed E-state index contributed by atoms with van der Waals surface area (Å²) in [6.45, 7) is 10.9. The van der Waals surface area contributed by atoms with Crippen molar-refractivity contribution < 1.29 is 4.79 Å². The van der Waals surface area contributed by atoms with Crippen LogP contribution in [0, 0.1) is 5.41 Å². The van der Waals surface area contributed by atoms with Gasteiger partial charge in [-0.15, -0.1) is 0 Å². The molecule has 1 heterocycles. The first-order chi connectivity index (χ1) is 7.58. The molecule has 0 radical (unpaired) electrons. The van der Waals surface area contributed by atoms with E-state index in [9.17, 15) is 4.79 Å². The first kappa shape index (κ1) is 13.7. The third kappa shape index (κ3) is 2.85. The summed E-state index contributed by atoms with van der Waals surface area (Å²) in [5, 5.41) is 0. The van der Waals surface area contributed by atoms with Crippen molar-refractivity contribution in [1.82, 2.24) is 4.90 Å². The van der Waals surface area contributed by atoms with Gasteiger partial charge in [0.25, 0.3) is 0 Å². The van der Waals surface area contributed by atoms with E-state index in [1.807, 2.05) is 6.92 Å². The van der Waals surface area contributed by atoms with Gasteiger partial charge in [0.15, 0.2) is 0 Å². The van der Waals surface area contributed by atoms with Gasteiger partial charge in [0, 0.05) is 6.42 Å². The second-order valence-corrected chi connectivity index (χ2v) is 5.24. The lowest BCUT2D eigenvalue weighted by Crippen LogP contribution is -2.46. The van der Waals surface area contributed by atoms with E-state index in [0.29, 0.717) is 17.6 Å². The number of carbonyl (C=O) groups excluding carboxylic acids is 1. The number of piperidine rings is 1. The monoisotopic (exact) mass is 225 g/mol. The Morgan fingerprint density at radius 3 is 2.06 bits per heavy atom. The molecule has 0 amide bonds. The van der Waals surface area contributed by atoms with Gasteiger partial charge in [-0.2, -0.15) is 0 Å². The molecule has 1 atom stereocenters. The Labute approximate surface area is 100 Å². The molecule has 0 aromatic rings. The van der Waals surface area contributed by atoms with Crippen LogP contribution in [0.4, 0.5) is 0 Å². The minimum Gasteiger partial charge on any atom is -0.298 e. The van der Waals surface area contributed by atoms with Crippen LogP contribution in [0.2, 0.25) is 0 Å². The van der Waals surface area contributed by atoms with Crippen LogP contribution in [0.25, 0.3) is 0 Å². The van der Waals surface area contributed by atoms with Crippen molar-refractivity contribution in [2.24, 2.45) is 5.41 Å². The van der Waals surface area contributed by atoms with Crippen molar-refractivity contribution in [2.75, 3.05) is 13.1 Å². The van der Waals surface area contributed by atoms with Crippen LogP contribution in [-0.2, 0) is 4.79 Å². The summed E-state index contributed by atoms with van der Waals surface area (Å²) in [6.07, 6.45) is 5.77. The minimum atomic E-state index is 0.136. The van der Waals surface area contributed by atoms with Gasteiger partial charge in [0.05, 0.1) is 6.04 Å². The summed E-state index contributed by atoms with van der Waals surface area (Å²) in [5.41, 5.74) is 0.561. The van der Waals surface area contributed by atoms with Crippen molar-refractivity contribution >= 4 is 5.78 Å². The number of hydrogen-bond donors (Lipinski definition) is 0. The van der Waals surface area contributed by atoms with Crippen molar-refractivity contribution in [3.63, 3.8) is 0 Å². The van der Waals surface area contributed by atoms with E-state index >= 15 is 0 Å². The number of Topliss-reactive ketones (excluding diaryl/α,β-unsaturated/α-hetero) is 1. The van der Waals surface area contributed by atoms with E-state index in [0.717, 1.165) is 13.1 Å². The van der Waals surface area contributed by atoms with Crippen LogP contribution in [0.3, 0.4) is 0 Å². The summed E-state index contributed by atoms with van der Waals surface area (Å²) in [5.74, 6) is 0.389. The maximum Gasteiger partial charge on any atom is 0.149 e. The molecule has 2 heteroatoms. The fraction of sp³-hybridized carbons (Fsp3) is 0.929. The molecule has 0 saturated carbocycles. The van der Waals surface area contributed by atoms with E-state index in [-0.39, 0.29) is 6.04 Å². The van der Waals surface area contributed by atoms with E-state index in [1.165, 1.54) is 25.7 Å². The van der Waals surface area contributed by atoms with Gasteiger partial charge in [0.2, 0.25) is 0 Å². The quantitative estimate of drug-likeness (QED) is 0.716. The Bertz CT molecular complexity index is 223. The van der Waals surface area contributed by atoms with Crippen LogP contribution < -0.4 is 0 Å². The fourth-order valence-corrected chi connectivity index (χ4v) is 2.84. The number of rotatable bonds is 5. The number of nitrogens with zero attached hydrogens (tertiary/aromatic N) is 1. The Balaban J connectivity index is 2.51. The molecular weight excluding hydrogens is 198 g/mol. The molecule has 16 heavy (non-hydrogen) atoms. The smallest absolute Gasteiger partial charge is 0.149 e. The Morgan fingerprint density at radius 1 is 1.19 bits per heavy atom. The highest BCUT2D eigenvalue weighted by Gasteiger charge is 2.33. The summed E-state index contributed by atoms with van der Waals surface area (Å²) in [4.78, 5) is 14.0. The first-order valence-corrected chi connectivity index (χ1v) is 6.85. The van der Waals surface area contributed by atoms with E-state index in [4.69, 9.17) is 0 Å². The molecule has 1 aliphatic rings. The standard InChI is InChI=1S/C14H27NO/c1-5-13(16)12(4)15-10-8-14(6-2,7-3)9-11-15/h12H,5-11H2,1-4H3. The lowest BCUT2D eigenvalue weighted by atomic mass is 9.74. The van der Waals surface area contributed by atoms with Crippen LogP contribution >= 0.6 is 0 Å². The summed E-state index contributed by atoms with van der Waals surface area (Å²) in [7, 11) is 0.